The first kappa shape index (κ1) is 20.0. The van der Waals surface area contributed by atoms with Crippen molar-refractivity contribution in [2.75, 3.05) is 13.1 Å². The number of amides is 2. The number of hydrogen-bond acceptors (Lipinski definition) is 3. The van der Waals surface area contributed by atoms with Crippen LogP contribution in [0.15, 0.2) is 24.3 Å². The van der Waals surface area contributed by atoms with E-state index in [1.807, 2.05) is 13.8 Å². The van der Waals surface area contributed by atoms with E-state index in [2.05, 4.69) is 10.6 Å². The Balaban J connectivity index is 2.54. The van der Waals surface area contributed by atoms with Crippen molar-refractivity contribution < 1.29 is 27.9 Å². The lowest BCUT2D eigenvalue weighted by Crippen LogP contribution is -2.40. The fraction of sp³-hybridized carbons (Fsp3) is 0.500. The maximum absolute atomic E-state index is 12.8. The molecule has 0 spiro atoms. The van der Waals surface area contributed by atoms with Crippen molar-refractivity contribution in [1.29, 1.82) is 0 Å². The van der Waals surface area contributed by atoms with Crippen molar-refractivity contribution >= 4 is 11.8 Å². The van der Waals surface area contributed by atoms with E-state index < -0.39 is 41.8 Å². The molecular formula is C16H21F3N2O3. The van der Waals surface area contributed by atoms with Crippen molar-refractivity contribution in [3.8, 4) is 0 Å². The molecule has 0 fully saturated rings. The number of aliphatic hydroxyl groups is 1. The third-order valence-electron chi connectivity index (χ3n) is 3.16. The highest BCUT2D eigenvalue weighted by molar-refractivity contribution is 5.97. The van der Waals surface area contributed by atoms with Crippen molar-refractivity contribution in [3.63, 3.8) is 0 Å². The SMILES string of the molecule is CC(C)CC(O)CNC(=O)CNC(=O)c1ccccc1C(F)(F)F. The van der Waals surface area contributed by atoms with Crippen LogP contribution in [0.25, 0.3) is 0 Å². The van der Waals surface area contributed by atoms with Gasteiger partial charge in [-0.3, -0.25) is 9.59 Å². The molecule has 3 N–H and O–H groups in total. The number of halogens is 3. The van der Waals surface area contributed by atoms with Gasteiger partial charge in [-0.05, 0) is 24.5 Å². The number of nitrogens with one attached hydrogen (secondary N) is 2. The van der Waals surface area contributed by atoms with Crippen LogP contribution in [-0.4, -0.2) is 36.1 Å². The van der Waals surface area contributed by atoms with E-state index in [9.17, 15) is 27.9 Å². The molecule has 0 aliphatic carbocycles. The normalized spacial score (nSPS) is 12.8. The van der Waals surface area contributed by atoms with Crippen molar-refractivity contribution in [2.24, 2.45) is 5.92 Å². The summed E-state index contributed by atoms with van der Waals surface area (Å²) < 4.78 is 38.5. The lowest BCUT2D eigenvalue weighted by atomic mass is 10.1. The van der Waals surface area contributed by atoms with E-state index in [1.165, 1.54) is 12.1 Å². The summed E-state index contributed by atoms with van der Waals surface area (Å²) >= 11 is 0. The number of benzene rings is 1. The zero-order valence-electron chi connectivity index (χ0n) is 13.5. The monoisotopic (exact) mass is 346 g/mol. The molecule has 0 heterocycles. The molecule has 0 radical (unpaired) electrons. The third-order valence-corrected chi connectivity index (χ3v) is 3.16. The van der Waals surface area contributed by atoms with Crippen LogP contribution in [0.4, 0.5) is 13.2 Å². The molecule has 2 amide bonds. The van der Waals surface area contributed by atoms with Crippen LogP contribution >= 0.6 is 0 Å². The number of alkyl halides is 3. The molecule has 8 heteroatoms. The summed E-state index contributed by atoms with van der Waals surface area (Å²) in [5.41, 5.74) is -1.60. The van der Waals surface area contributed by atoms with E-state index >= 15 is 0 Å². The Labute approximate surface area is 138 Å². The molecule has 0 bridgehead atoms. The Morgan fingerprint density at radius 1 is 1.17 bits per heavy atom. The molecule has 1 rings (SSSR count). The van der Waals surface area contributed by atoms with Gasteiger partial charge >= 0.3 is 6.18 Å². The maximum Gasteiger partial charge on any atom is 0.417 e. The fourth-order valence-corrected chi connectivity index (χ4v) is 2.11. The van der Waals surface area contributed by atoms with Crippen molar-refractivity contribution in [1.82, 2.24) is 10.6 Å². The maximum atomic E-state index is 12.8. The van der Waals surface area contributed by atoms with Gasteiger partial charge in [0.05, 0.1) is 23.8 Å². The van der Waals surface area contributed by atoms with Gasteiger partial charge in [-0.1, -0.05) is 26.0 Å². The highest BCUT2D eigenvalue weighted by Gasteiger charge is 2.34. The largest absolute Gasteiger partial charge is 0.417 e. The summed E-state index contributed by atoms with van der Waals surface area (Å²) in [4.78, 5) is 23.5. The third kappa shape index (κ3) is 6.57. The smallest absolute Gasteiger partial charge is 0.391 e. The van der Waals surface area contributed by atoms with E-state index in [0.717, 1.165) is 12.1 Å². The van der Waals surface area contributed by atoms with E-state index in [0.29, 0.717) is 6.42 Å². The van der Waals surface area contributed by atoms with Crippen LogP contribution in [0.1, 0.15) is 36.2 Å². The first-order valence-corrected chi connectivity index (χ1v) is 7.50. The first-order chi connectivity index (χ1) is 11.1. The van der Waals surface area contributed by atoms with Gasteiger partial charge in [0.2, 0.25) is 5.91 Å². The zero-order valence-corrected chi connectivity index (χ0v) is 13.5. The minimum Gasteiger partial charge on any atom is -0.391 e. The van der Waals surface area contributed by atoms with Crippen molar-refractivity contribution in [3.05, 3.63) is 35.4 Å². The minimum atomic E-state index is -4.66. The van der Waals surface area contributed by atoms with Gasteiger partial charge in [0.15, 0.2) is 0 Å². The summed E-state index contributed by atoms with van der Waals surface area (Å²) in [7, 11) is 0. The van der Waals surface area contributed by atoms with Gasteiger partial charge in [-0.15, -0.1) is 0 Å². The van der Waals surface area contributed by atoms with Crippen LogP contribution < -0.4 is 10.6 Å². The van der Waals surface area contributed by atoms with Crippen molar-refractivity contribution in [2.45, 2.75) is 32.5 Å². The summed E-state index contributed by atoms with van der Waals surface area (Å²) in [6.45, 7) is 3.39. The van der Waals surface area contributed by atoms with Crippen LogP contribution in [0, 0.1) is 5.92 Å². The molecule has 0 saturated heterocycles. The second-order valence-electron chi connectivity index (χ2n) is 5.81. The molecule has 0 aromatic heterocycles. The van der Waals surface area contributed by atoms with Gasteiger partial charge in [0.25, 0.3) is 5.91 Å². The van der Waals surface area contributed by atoms with Gasteiger partial charge in [0, 0.05) is 6.54 Å². The Hall–Kier alpha value is -2.09. The molecule has 1 aromatic carbocycles. The van der Waals surface area contributed by atoms with Gasteiger partial charge in [-0.2, -0.15) is 13.2 Å². The molecule has 1 unspecified atom stereocenters. The Morgan fingerprint density at radius 2 is 1.79 bits per heavy atom. The Morgan fingerprint density at radius 3 is 2.38 bits per heavy atom. The molecule has 0 aliphatic rings. The number of carbonyl (C=O) groups is 2. The number of carbonyl (C=O) groups excluding carboxylic acids is 2. The quantitative estimate of drug-likeness (QED) is 0.706. The van der Waals surface area contributed by atoms with E-state index in [1.54, 1.807) is 0 Å². The van der Waals surface area contributed by atoms with Gasteiger partial charge in [0.1, 0.15) is 0 Å². The summed E-state index contributed by atoms with van der Waals surface area (Å²) in [5.74, 6) is -1.31. The molecule has 0 aliphatic heterocycles. The van der Waals surface area contributed by atoms with Crippen LogP contribution in [0.2, 0.25) is 0 Å². The number of hydrogen-bond donors (Lipinski definition) is 3. The highest BCUT2D eigenvalue weighted by atomic mass is 19.4. The van der Waals surface area contributed by atoms with Gasteiger partial charge in [-0.25, -0.2) is 0 Å². The van der Waals surface area contributed by atoms with E-state index in [-0.39, 0.29) is 12.5 Å². The molecule has 134 valence electrons. The first-order valence-electron chi connectivity index (χ1n) is 7.50. The predicted octanol–water partition coefficient (Wildman–Crippen LogP) is 1.96. The fourth-order valence-electron chi connectivity index (χ4n) is 2.11. The summed E-state index contributed by atoms with van der Waals surface area (Å²) in [5, 5.41) is 14.2. The topological polar surface area (TPSA) is 78.4 Å². The highest BCUT2D eigenvalue weighted by Crippen LogP contribution is 2.31. The van der Waals surface area contributed by atoms with Gasteiger partial charge < -0.3 is 15.7 Å². The lowest BCUT2D eigenvalue weighted by molar-refractivity contribution is -0.137. The molecular weight excluding hydrogens is 325 g/mol. The van der Waals surface area contributed by atoms with E-state index in [4.69, 9.17) is 0 Å². The standard InChI is InChI=1S/C16H21F3N2O3/c1-10(2)7-11(22)8-20-14(23)9-21-15(24)12-5-3-4-6-13(12)16(17,18)19/h3-6,10-11,22H,7-9H2,1-2H3,(H,20,23)(H,21,24). The zero-order chi connectivity index (χ0) is 18.3. The molecule has 0 saturated carbocycles. The molecule has 1 atom stereocenters. The molecule has 5 nitrogen and oxygen atoms in total. The second kappa shape index (κ2) is 8.68. The average Bonchev–Trinajstić information content (AvgIpc) is 2.49. The lowest BCUT2D eigenvalue weighted by Gasteiger charge is -2.15. The molecule has 24 heavy (non-hydrogen) atoms. The number of aliphatic hydroxyl groups excluding tert-OH is 1. The number of rotatable bonds is 7. The van der Waals surface area contributed by atoms with Crippen LogP contribution in [0.5, 0.6) is 0 Å². The van der Waals surface area contributed by atoms with Crippen LogP contribution in [-0.2, 0) is 11.0 Å². The average molecular weight is 346 g/mol. The minimum absolute atomic E-state index is 0.0199. The predicted molar refractivity (Wildman–Crippen MR) is 82.2 cm³/mol. The summed E-state index contributed by atoms with van der Waals surface area (Å²) in [6.07, 6.45) is -4.86. The van der Waals surface area contributed by atoms with Crippen LogP contribution in [0.3, 0.4) is 0 Å². The second-order valence-corrected chi connectivity index (χ2v) is 5.81. The molecule has 1 aromatic rings. The Bertz CT molecular complexity index is 574. The Kier molecular flexibility index (Phi) is 7.21. The summed E-state index contributed by atoms with van der Waals surface area (Å²) in [6, 6.07) is 4.34.